The average Bonchev–Trinajstić information content (AvgIpc) is 3.38. The van der Waals surface area contributed by atoms with Crippen LogP contribution in [0.15, 0.2) is 47.2 Å². The average molecular weight is 384 g/mol. The van der Waals surface area contributed by atoms with E-state index >= 15 is 0 Å². The van der Waals surface area contributed by atoms with Crippen LogP contribution in [0.4, 0.5) is 0 Å². The zero-order chi connectivity index (χ0) is 18.1. The van der Waals surface area contributed by atoms with Crippen molar-refractivity contribution in [2.24, 2.45) is 0 Å². The summed E-state index contributed by atoms with van der Waals surface area (Å²) in [5.74, 6) is -1.60. The predicted octanol–water partition coefficient (Wildman–Crippen LogP) is 3.21. The Morgan fingerprint density at radius 2 is 1.77 bits per heavy atom. The lowest BCUT2D eigenvalue weighted by Crippen LogP contribution is -2.35. The molecule has 8 heteroatoms. The summed E-state index contributed by atoms with van der Waals surface area (Å²) in [6.07, 6.45) is 0. The molecule has 0 aliphatic carbocycles. The van der Waals surface area contributed by atoms with Gasteiger partial charge in [-0.1, -0.05) is 18.2 Å². The van der Waals surface area contributed by atoms with Crippen LogP contribution in [0.5, 0.6) is 0 Å². The molecule has 0 unspecified atom stereocenters. The van der Waals surface area contributed by atoms with Gasteiger partial charge in [0, 0.05) is 5.38 Å². The second-order valence-electron chi connectivity index (χ2n) is 5.52. The summed E-state index contributed by atoms with van der Waals surface area (Å²) >= 11 is 3.06. The number of aromatic nitrogens is 1. The number of hydrogen-bond donors (Lipinski definition) is 0. The minimum Gasteiger partial charge on any atom is -0.458 e. The first-order valence-electron chi connectivity index (χ1n) is 7.72. The van der Waals surface area contributed by atoms with Gasteiger partial charge in [0.2, 0.25) is 0 Å². The molecule has 0 saturated carbocycles. The molecule has 1 aliphatic heterocycles. The Morgan fingerprint density at radius 3 is 2.42 bits per heavy atom. The van der Waals surface area contributed by atoms with Gasteiger partial charge in [0.1, 0.15) is 18.2 Å². The fourth-order valence-electron chi connectivity index (χ4n) is 2.60. The van der Waals surface area contributed by atoms with E-state index < -0.39 is 24.3 Å². The van der Waals surface area contributed by atoms with Crippen LogP contribution in [-0.2, 0) is 16.1 Å². The van der Waals surface area contributed by atoms with Crippen LogP contribution in [-0.4, -0.2) is 34.2 Å². The highest BCUT2D eigenvalue weighted by molar-refractivity contribution is 7.20. The van der Waals surface area contributed by atoms with Gasteiger partial charge in [-0.2, -0.15) is 0 Å². The van der Waals surface area contributed by atoms with Gasteiger partial charge in [0.05, 0.1) is 21.7 Å². The number of fused-ring (bicyclic) bond motifs is 1. The Labute approximate surface area is 156 Å². The number of benzene rings is 1. The number of imide groups is 1. The molecule has 1 aliphatic rings. The third-order valence-electron chi connectivity index (χ3n) is 3.83. The number of thiazole rings is 1. The van der Waals surface area contributed by atoms with E-state index in [2.05, 4.69) is 4.98 Å². The Morgan fingerprint density at radius 1 is 1.04 bits per heavy atom. The fourth-order valence-corrected chi connectivity index (χ4v) is 4.22. The number of hydrogen-bond acceptors (Lipinski definition) is 7. The van der Waals surface area contributed by atoms with Crippen molar-refractivity contribution in [3.63, 3.8) is 0 Å². The van der Waals surface area contributed by atoms with Crippen LogP contribution in [0, 0.1) is 0 Å². The standard InChI is InChI=1S/C18H12N2O4S2/c21-15(8-20-17(22)12-4-1-2-5-13(12)18(20)23)24-9-11-10-26-16(19-11)14-6-3-7-25-14/h1-7,10H,8-9H2. The minimum absolute atomic E-state index is 0.00385. The van der Waals surface area contributed by atoms with Gasteiger partial charge < -0.3 is 4.74 Å². The minimum atomic E-state index is -0.648. The van der Waals surface area contributed by atoms with Crippen molar-refractivity contribution in [1.82, 2.24) is 9.88 Å². The number of thiophene rings is 1. The van der Waals surface area contributed by atoms with Crippen LogP contribution in [0.1, 0.15) is 26.4 Å². The van der Waals surface area contributed by atoms with E-state index in [1.807, 2.05) is 22.9 Å². The number of rotatable bonds is 5. The van der Waals surface area contributed by atoms with E-state index in [0.717, 1.165) is 14.8 Å². The normalized spacial score (nSPS) is 13.2. The molecular weight excluding hydrogens is 372 g/mol. The van der Waals surface area contributed by atoms with Gasteiger partial charge in [-0.05, 0) is 23.6 Å². The van der Waals surface area contributed by atoms with Crippen molar-refractivity contribution >= 4 is 40.5 Å². The largest absolute Gasteiger partial charge is 0.458 e. The molecule has 1 aromatic carbocycles. The summed E-state index contributed by atoms with van der Waals surface area (Å²) < 4.78 is 5.18. The molecule has 3 heterocycles. The zero-order valence-corrected chi connectivity index (χ0v) is 15.0. The molecular formula is C18H12N2O4S2. The lowest BCUT2D eigenvalue weighted by atomic mass is 10.1. The maximum Gasteiger partial charge on any atom is 0.326 e. The van der Waals surface area contributed by atoms with Gasteiger partial charge >= 0.3 is 5.97 Å². The Bertz CT molecular complexity index is 959. The zero-order valence-electron chi connectivity index (χ0n) is 13.4. The van der Waals surface area contributed by atoms with Crippen LogP contribution in [0.3, 0.4) is 0 Å². The molecule has 2 amide bonds. The van der Waals surface area contributed by atoms with Crippen LogP contribution in [0.2, 0.25) is 0 Å². The number of ether oxygens (including phenoxy) is 1. The lowest BCUT2D eigenvalue weighted by Gasteiger charge is -2.12. The van der Waals surface area contributed by atoms with Crippen molar-refractivity contribution in [2.45, 2.75) is 6.61 Å². The van der Waals surface area contributed by atoms with Gasteiger partial charge in [-0.25, -0.2) is 4.98 Å². The van der Waals surface area contributed by atoms with Crippen molar-refractivity contribution < 1.29 is 19.1 Å². The monoisotopic (exact) mass is 384 g/mol. The quantitative estimate of drug-likeness (QED) is 0.499. The fraction of sp³-hybridized carbons (Fsp3) is 0.111. The van der Waals surface area contributed by atoms with Gasteiger partial charge in [0.25, 0.3) is 11.8 Å². The first-order valence-corrected chi connectivity index (χ1v) is 9.48. The highest BCUT2D eigenvalue weighted by Gasteiger charge is 2.36. The first kappa shape index (κ1) is 16.6. The predicted molar refractivity (Wildman–Crippen MR) is 97.0 cm³/mol. The summed E-state index contributed by atoms with van der Waals surface area (Å²) in [5.41, 5.74) is 1.25. The van der Waals surface area contributed by atoms with Crippen molar-refractivity contribution in [2.75, 3.05) is 6.54 Å². The highest BCUT2D eigenvalue weighted by Crippen LogP contribution is 2.28. The molecule has 0 bridgehead atoms. The third kappa shape index (κ3) is 3.04. The van der Waals surface area contributed by atoms with E-state index in [1.54, 1.807) is 35.6 Å². The molecule has 26 heavy (non-hydrogen) atoms. The molecule has 0 saturated heterocycles. The van der Waals surface area contributed by atoms with Gasteiger partial charge in [-0.3, -0.25) is 19.3 Å². The molecule has 0 spiro atoms. The van der Waals surface area contributed by atoms with Crippen LogP contribution < -0.4 is 0 Å². The topological polar surface area (TPSA) is 76.6 Å². The number of nitrogens with zero attached hydrogens (tertiary/aromatic N) is 2. The molecule has 0 atom stereocenters. The Hall–Kier alpha value is -2.84. The lowest BCUT2D eigenvalue weighted by molar-refractivity contribution is -0.145. The Kier molecular flexibility index (Phi) is 4.36. The van der Waals surface area contributed by atoms with Crippen LogP contribution in [0.25, 0.3) is 9.88 Å². The number of carbonyl (C=O) groups excluding carboxylic acids is 3. The van der Waals surface area contributed by atoms with Crippen LogP contribution >= 0.6 is 22.7 Å². The van der Waals surface area contributed by atoms with Crippen molar-refractivity contribution in [3.05, 3.63) is 64.0 Å². The number of esters is 1. The summed E-state index contributed by atoms with van der Waals surface area (Å²) in [4.78, 5) is 42.9. The summed E-state index contributed by atoms with van der Waals surface area (Å²) in [5, 5.41) is 4.66. The van der Waals surface area contributed by atoms with E-state index in [4.69, 9.17) is 4.74 Å². The molecule has 4 rings (SSSR count). The molecule has 0 radical (unpaired) electrons. The SMILES string of the molecule is O=C(CN1C(=O)c2ccccc2C1=O)OCc1csc(-c2cccs2)n1. The third-order valence-corrected chi connectivity index (χ3v) is 5.76. The van der Waals surface area contributed by atoms with Gasteiger partial charge in [-0.15, -0.1) is 22.7 Å². The van der Waals surface area contributed by atoms with Crippen molar-refractivity contribution in [3.8, 4) is 9.88 Å². The molecule has 3 aromatic rings. The van der Waals surface area contributed by atoms with E-state index in [-0.39, 0.29) is 6.61 Å². The molecule has 130 valence electrons. The Balaban J connectivity index is 1.37. The maximum atomic E-state index is 12.2. The molecule has 6 nitrogen and oxygen atoms in total. The smallest absolute Gasteiger partial charge is 0.326 e. The summed E-state index contributed by atoms with van der Waals surface area (Å²) in [6, 6.07) is 10.4. The second-order valence-corrected chi connectivity index (χ2v) is 7.33. The summed E-state index contributed by atoms with van der Waals surface area (Å²) in [6.45, 7) is -0.405. The van der Waals surface area contributed by atoms with Crippen molar-refractivity contribution in [1.29, 1.82) is 0 Å². The van der Waals surface area contributed by atoms with E-state index in [0.29, 0.717) is 16.8 Å². The molecule has 2 aromatic heterocycles. The van der Waals surface area contributed by atoms with E-state index in [1.165, 1.54) is 11.3 Å². The number of amides is 2. The molecule has 0 fully saturated rings. The maximum absolute atomic E-state index is 12.2. The van der Waals surface area contributed by atoms with E-state index in [9.17, 15) is 14.4 Å². The summed E-state index contributed by atoms with van der Waals surface area (Å²) in [7, 11) is 0. The van der Waals surface area contributed by atoms with Gasteiger partial charge in [0.15, 0.2) is 0 Å². The highest BCUT2D eigenvalue weighted by atomic mass is 32.1. The second kappa shape index (κ2) is 6.81. The number of carbonyl (C=O) groups is 3. The first-order chi connectivity index (χ1) is 12.6. The molecule has 0 N–H and O–H groups in total.